The van der Waals surface area contributed by atoms with Crippen LogP contribution in [-0.4, -0.2) is 37.6 Å². The standard InChI is InChI=1S/C26H29F4N3O/c27-19-7-9-21(10-8-19)32-12-13-33-23-11-6-18(26(28,29)30)14-17(23)15-22(24(33)16-32)25(34)31-20-4-2-1-3-5-20/h6-11,14,20,22,24H,1-5,12-13,15-16H2,(H,31,34)/t22-,24+/m0/s1. The summed E-state index contributed by atoms with van der Waals surface area (Å²) in [4.78, 5) is 17.7. The second kappa shape index (κ2) is 9.12. The third kappa shape index (κ3) is 4.59. The molecule has 2 fully saturated rings. The zero-order chi connectivity index (χ0) is 23.9. The number of fused-ring (bicyclic) bond motifs is 3. The molecule has 2 aromatic rings. The Labute approximate surface area is 196 Å². The van der Waals surface area contributed by atoms with Crippen molar-refractivity contribution in [1.82, 2.24) is 5.32 Å². The van der Waals surface area contributed by atoms with E-state index in [1.807, 2.05) is 0 Å². The van der Waals surface area contributed by atoms with E-state index >= 15 is 0 Å². The molecular weight excluding hydrogens is 446 g/mol. The van der Waals surface area contributed by atoms with Gasteiger partial charge in [0.2, 0.25) is 5.91 Å². The van der Waals surface area contributed by atoms with Gasteiger partial charge in [0.05, 0.1) is 17.5 Å². The molecule has 3 aliphatic rings. The summed E-state index contributed by atoms with van der Waals surface area (Å²) < 4.78 is 53.6. The first-order valence-corrected chi connectivity index (χ1v) is 12.1. The number of nitrogens with one attached hydrogen (secondary N) is 1. The van der Waals surface area contributed by atoms with Gasteiger partial charge in [0.1, 0.15) is 5.82 Å². The Morgan fingerprint density at radius 1 is 0.971 bits per heavy atom. The average Bonchev–Trinajstić information content (AvgIpc) is 2.83. The number of rotatable bonds is 3. The Morgan fingerprint density at radius 3 is 2.41 bits per heavy atom. The number of hydrogen-bond donors (Lipinski definition) is 1. The number of benzene rings is 2. The summed E-state index contributed by atoms with van der Waals surface area (Å²) in [5.74, 6) is -0.841. The summed E-state index contributed by atoms with van der Waals surface area (Å²) in [7, 11) is 0. The van der Waals surface area contributed by atoms with Crippen molar-refractivity contribution < 1.29 is 22.4 Å². The SMILES string of the molecule is O=C(NC1CCCCC1)[C@H]1Cc2cc(C(F)(F)F)ccc2N2CCN(c3ccc(F)cc3)C[C@H]12. The molecule has 2 aromatic carbocycles. The molecule has 2 atom stereocenters. The summed E-state index contributed by atoms with van der Waals surface area (Å²) in [6, 6.07) is 10.1. The third-order valence-electron chi connectivity index (χ3n) is 7.52. The van der Waals surface area contributed by atoms with Crippen molar-refractivity contribution in [1.29, 1.82) is 0 Å². The fraction of sp³-hybridized carbons (Fsp3) is 0.500. The lowest BCUT2D eigenvalue weighted by molar-refractivity contribution is -0.137. The van der Waals surface area contributed by atoms with Gasteiger partial charge in [-0.3, -0.25) is 4.79 Å². The van der Waals surface area contributed by atoms with Crippen LogP contribution in [0.25, 0.3) is 0 Å². The fourth-order valence-electron chi connectivity index (χ4n) is 5.74. The minimum Gasteiger partial charge on any atom is -0.368 e. The maximum absolute atomic E-state index is 13.5. The minimum absolute atomic E-state index is 0.0779. The van der Waals surface area contributed by atoms with Crippen molar-refractivity contribution in [3.05, 3.63) is 59.4 Å². The van der Waals surface area contributed by atoms with Gasteiger partial charge in [-0.25, -0.2) is 4.39 Å². The Kier molecular flexibility index (Phi) is 6.16. The van der Waals surface area contributed by atoms with Crippen LogP contribution in [0.15, 0.2) is 42.5 Å². The summed E-state index contributed by atoms with van der Waals surface area (Å²) in [5, 5.41) is 3.20. The number of halogens is 4. The van der Waals surface area contributed by atoms with Crippen LogP contribution < -0.4 is 15.1 Å². The van der Waals surface area contributed by atoms with Crippen molar-refractivity contribution in [3.63, 3.8) is 0 Å². The fourth-order valence-corrected chi connectivity index (χ4v) is 5.74. The summed E-state index contributed by atoms with van der Waals surface area (Å²) in [6.45, 7) is 1.77. The molecule has 1 N–H and O–H groups in total. The number of anilines is 2. The van der Waals surface area contributed by atoms with E-state index in [4.69, 9.17) is 0 Å². The van der Waals surface area contributed by atoms with Crippen LogP contribution in [-0.2, 0) is 17.4 Å². The van der Waals surface area contributed by atoms with Gasteiger partial charge in [-0.05, 0) is 67.3 Å². The molecule has 2 heterocycles. The second-order valence-electron chi connectivity index (χ2n) is 9.68. The molecule has 2 aliphatic heterocycles. The smallest absolute Gasteiger partial charge is 0.368 e. The maximum atomic E-state index is 13.5. The highest BCUT2D eigenvalue weighted by molar-refractivity contribution is 5.82. The van der Waals surface area contributed by atoms with Gasteiger partial charge < -0.3 is 15.1 Å². The van der Waals surface area contributed by atoms with Gasteiger partial charge >= 0.3 is 6.18 Å². The van der Waals surface area contributed by atoms with Crippen LogP contribution in [0.4, 0.5) is 28.9 Å². The van der Waals surface area contributed by atoms with E-state index in [2.05, 4.69) is 15.1 Å². The monoisotopic (exact) mass is 475 g/mol. The van der Waals surface area contributed by atoms with Gasteiger partial charge in [0.25, 0.3) is 0 Å². The number of nitrogens with zero attached hydrogens (tertiary/aromatic N) is 2. The average molecular weight is 476 g/mol. The predicted octanol–water partition coefficient (Wildman–Crippen LogP) is 5.16. The zero-order valence-electron chi connectivity index (χ0n) is 19.0. The van der Waals surface area contributed by atoms with Crippen molar-refractivity contribution in [2.75, 3.05) is 29.4 Å². The van der Waals surface area contributed by atoms with Crippen molar-refractivity contribution in [2.45, 2.75) is 56.8 Å². The highest BCUT2D eigenvalue weighted by Crippen LogP contribution is 2.40. The lowest BCUT2D eigenvalue weighted by Crippen LogP contribution is -2.61. The van der Waals surface area contributed by atoms with Gasteiger partial charge in [0.15, 0.2) is 0 Å². The van der Waals surface area contributed by atoms with Gasteiger partial charge in [0, 0.05) is 37.1 Å². The molecule has 1 saturated heterocycles. The van der Waals surface area contributed by atoms with Crippen LogP contribution >= 0.6 is 0 Å². The van der Waals surface area contributed by atoms with E-state index < -0.39 is 17.7 Å². The van der Waals surface area contributed by atoms with Crippen molar-refractivity contribution in [3.8, 4) is 0 Å². The van der Waals surface area contributed by atoms with Gasteiger partial charge in [-0.1, -0.05) is 19.3 Å². The van der Waals surface area contributed by atoms with Crippen LogP contribution in [0.5, 0.6) is 0 Å². The number of alkyl halides is 3. The number of hydrogen-bond acceptors (Lipinski definition) is 3. The maximum Gasteiger partial charge on any atom is 0.416 e. The van der Waals surface area contributed by atoms with Crippen LogP contribution in [0, 0.1) is 11.7 Å². The summed E-state index contributed by atoms with van der Waals surface area (Å²) in [6.07, 6.45) is 1.09. The van der Waals surface area contributed by atoms with E-state index in [9.17, 15) is 22.4 Å². The van der Waals surface area contributed by atoms with E-state index in [-0.39, 0.29) is 30.2 Å². The molecule has 182 valence electrons. The first kappa shape index (κ1) is 23.0. The second-order valence-corrected chi connectivity index (χ2v) is 9.68. The molecule has 5 rings (SSSR count). The first-order chi connectivity index (χ1) is 16.3. The van der Waals surface area contributed by atoms with E-state index in [1.165, 1.54) is 24.6 Å². The normalized spacial score (nSPS) is 23.3. The molecule has 0 radical (unpaired) electrons. The highest BCUT2D eigenvalue weighted by atomic mass is 19.4. The molecule has 1 aliphatic carbocycles. The molecular formula is C26H29F4N3O. The molecule has 8 heteroatoms. The molecule has 0 unspecified atom stereocenters. The lowest BCUT2D eigenvalue weighted by atomic mass is 9.82. The van der Waals surface area contributed by atoms with E-state index in [1.54, 1.807) is 18.2 Å². The summed E-state index contributed by atoms with van der Waals surface area (Å²) in [5.41, 5.74) is 1.55. The Balaban J connectivity index is 1.45. The van der Waals surface area contributed by atoms with Gasteiger partial charge in [-0.15, -0.1) is 0 Å². The van der Waals surface area contributed by atoms with Crippen LogP contribution in [0.3, 0.4) is 0 Å². The highest BCUT2D eigenvalue weighted by Gasteiger charge is 2.43. The molecule has 0 spiro atoms. The lowest BCUT2D eigenvalue weighted by Gasteiger charge is -2.50. The number of amides is 1. The zero-order valence-corrected chi connectivity index (χ0v) is 19.0. The molecule has 0 bridgehead atoms. The quantitative estimate of drug-likeness (QED) is 0.623. The number of carbonyl (C=O) groups excluding carboxylic acids is 1. The Hall–Kier alpha value is -2.77. The molecule has 1 saturated carbocycles. The third-order valence-corrected chi connectivity index (χ3v) is 7.52. The van der Waals surface area contributed by atoms with E-state index in [0.717, 1.165) is 43.1 Å². The van der Waals surface area contributed by atoms with Crippen LogP contribution in [0.2, 0.25) is 0 Å². The predicted molar refractivity (Wildman–Crippen MR) is 123 cm³/mol. The molecule has 4 nitrogen and oxygen atoms in total. The largest absolute Gasteiger partial charge is 0.416 e. The van der Waals surface area contributed by atoms with Crippen molar-refractivity contribution in [2.24, 2.45) is 5.92 Å². The topological polar surface area (TPSA) is 35.6 Å². The minimum atomic E-state index is -4.42. The summed E-state index contributed by atoms with van der Waals surface area (Å²) >= 11 is 0. The van der Waals surface area contributed by atoms with Gasteiger partial charge in [-0.2, -0.15) is 13.2 Å². The van der Waals surface area contributed by atoms with Crippen LogP contribution in [0.1, 0.15) is 43.2 Å². The first-order valence-electron chi connectivity index (χ1n) is 12.1. The molecule has 1 amide bonds. The Bertz CT molecular complexity index is 1030. The Morgan fingerprint density at radius 2 is 1.71 bits per heavy atom. The molecule has 0 aromatic heterocycles. The number of piperazine rings is 1. The van der Waals surface area contributed by atoms with E-state index in [0.29, 0.717) is 25.2 Å². The number of carbonyl (C=O) groups is 1. The molecule has 34 heavy (non-hydrogen) atoms. The van der Waals surface area contributed by atoms with Crippen molar-refractivity contribution >= 4 is 17.3 Å².